The Morgan fingerprint density at radius 2 is 1.64 bits per heavy atom. The molecule has 0 saturated heterocycles. The van der Waals surface area contributed by atoms with E-state index >= 15 is 0 Å². The van der Waals surface area contributed by atoms with Crippen LogP contribution in [0.15, 0.2) is 41.3 Å². The first-order valence-corrected chi connectivity index (χ1v) is 9.22. The van der Waals surface area contributed by atoms with E-state index in [9.17, 15) is 13.2 Å². The number of carbonyl (C=O) groups is 1. The lowest BCUT2D eigenvalue weighted by Gasteiger charge is -2.12. The number of carbonyl (C=O) groups excluding carboxylic acids is 1. The number of hydrogen-bond donors (Lipinski definition) is 2. The molecule has 25 heavy (non-hydrogen) atoms. The van der Waals surface area contributed by atoms with Crippen LogP contribution in [0.1, 0.15) is 16.7 Å². The molecule has 0 fully saturated rings. The zero-order valence-electron chi connectivity index (χ0n) is 14.7. The molecule has 0 saturated carbocycles. The van der Waals surface area contributed by atoms with Gasteiger partial charge in [-0.1, -0.05) is 12.1 Å². The third-order valence-electron chi connectivity index (χ3n) is 3.54. The topological polar surface area (TPSA) is 84.5 Å². The number of rotatable bonds is 6. The minimum absolute atomic E-state index is 0.00852. The van der Waals surface area contributed by atoms with Gasteiger partial charge in [0.15, 0.2) is 0 Å². The molecule has 0 spiro atoms. The largest absolute Gasteiger partial charge is 0.495 e. The third-order valence-corrected chi connectivity index (χ3v) is 4.96. The summed E-state index contributed by atoms with van der Waals surface area (Å²) in [7, 11) is -2.47. The first-order chi connectivity index (χ1) is 11.7. The first-order valence-electron chi connectivity index (χ1n) is 7.74. The van der Waals surface area contributed by atoms with Crippen LogP contribution >= 0.6 is 0 Å². The molecule has 0 aliphatic carbocycles. The molecule has 6 nitrogen and oxygen atoms in total. The van der Waals surface area contributed by atoms with Crippen LogP contribution in [0.3, 0.4) is 0 Å². The van der Waals surface area contributed by atoms with Crippen molar-refractivity contribution in [2.45, 2.75) is 25.7 Å². The zero-order valence-corrected chi connectivity index (χ0v) is 15.5. The molecule has 0 heterocycles. The summed E-state index contributed by atoms with van der Waals surface area (Å²) in [5, 5.41) is 2.69. The summed E-state index contributed by atoms with van der Waals surface area (Å²) in [4.78, 5) is 12.1. The molecule has 0 bridgehead atoms. The van der Waals surface area contributed by atoms with Gasteiger partial charge in [0.2, 0.25) is 15.9 Å². The van der Waals surface area contributed by atoms with Crippen LogP contribution in [0.5, 0.6) is 5.75 Å². The van der Waals surface area contributed by atoms with Crippen molar-refractivity contribution in [3.8, 4) is 5.75 Å². The van der Waals surface area contributed by atoms with E-state index in [2.05, 4.69) is 10.0 Å². The number of nitrogens with one attached hydrogen (secondary N) is 2. The van der Waals surface area contributed by atoms with E-state index in [0.29, 0.717) is 5.69 Å². The van der Waals surface area contributed by atoms with Gasteiger partial charge in [-0.25, -0.2) is 13.1 Å². The Hall–Kier alpha value is -2.38. The van der Waals surface area contributed by atoms with Crippen molar-refractivity contribution in [3.05, 3.63) is 53.1 Å². The van der Waals surface area contributed by atoms with Crippen molar-refractivity contribution in [1.29, 1.82) is 0 Å². The second kappa shape index (κ2) is 7.67. The SMILES string of the molecule is COc1ccc(C)cc1S(=O)(=O)NCC(=O)Nc1cc(C)cc(C)c1. The molecule has 0 aliphatic rings. The van der Waals surface area contributed by atoms with Gasteiger partial charge in [-0.15, -0.1) is 0 Å². The smallest absolute Gasteiger partial charge is 0.244 e. The summed E-state index contributed by atoms with van der Waals surface area (Å²) in [6.07, 6.45) is 0. The Morgan fingerprint density at radius 1 is 1.00 bits per heavy atom. The lowest BCUT2D eigenvalue weighted by molar-refractivity contribution is -0.115. The average Bonchev–Trinajstić information content (AvgIpc) is 2.52. The van der Waals surface area contributed by atoms with E-state index in [4.69, 9.17) is 4.74 Å². The van der Waals surface area contributed by atoms with Gasteiger partial charge < -0.3 is 10.1 Å². The van der Waals surface area contributed by atoms with E-state index in [1.807, 2.05) is 32.0 Å². The highest BCUT2D eigenvalue weighted by atomic mass is 32.2. The summed E-state index contributed by atoms with van der Waals surface area (Å²) >= 11 is 0. The summed E-state index contributed by atoms with van der Waals surface area (Å²) in [6.45, 7) is 5.27. The van der Waals surface area contributed by atoms with E-state index in [1.54, 1.807) is 19.1 Å². The van der Waals surface area contributed by atoms with Crippen molar-refractivity contribution in [2.75, 3.05) is 19.0 Å². The molecule has 2 rings (SSSR count). The second-order valence-corrected chi connectivity index (χ2v) is 7.64. The van der Waals surface area contributed by atoms with E-state index in [0.717, 1.165) is 16.7 Å². The fourth-order valence-corrected chi connectivity index (χ4v) is 3.72. The molecule has 0 unspecified atom stereocenters. The van der Waals surface area contributed by atoms with Crippen LogP contribution in [0.25, 0.3) is 0 Å². The molecule has 134 valence electrons. The van der Waals surface area contributed by atoms with Crippen molar-refractivity contribution >= 4 is 21.6 Å². The fraction of sp³-hybridized carbons (Fsp3) is 0.278. The molecule has 2 N–H and O–H groups in total. The molecule has 2 aromatic rings. The monoisotopic (exact) mass is 362 g/mol. The number of anilines is 1. The number of methoxy groups -OCH3 is 1. The Kier molecular flexibility index (Phi) is 5.81. The van der Waals surface area contributed by atoms with Crippen molar-refractivity contribution in [3.63, 3.8) is 0 Å². The quantitative estimate of drug-likeness (QED) is 0.827. The van der Waals surface area contributed by atoms with Crippen LogP contribution in [-0.2, 0) is 14.8 Å². The summed E-state index contributed by atoms with van der Waals surface area (Å²) in [5.41, 5.74) is 3.44. The standard InChI is InChI=1S/C18H22N2O4S/c1-12-5-6-16(24-4)17(10-12)25(22,23)19-11-18(21)20-15-8-13(2)7-14(3)9-15/h5-10,19H,11H2,1-4H3,(H,20,21). The van der Waals surface area contributed by atoms with Gasteiger partial charge >= 0.3 is 0 Å². The van der Waals surface area contributed by atoms with Gasteiger partial charge in [0.1, 0.15) is 10.6 Å². The minimum atomic E-state index is -3.87. The van der Waals surface area contributed by atoms with Crippen LogP contribution in [-0.4, -0.2) is 28.0 Å². The number of sulfonamides is 1. The molecule has 2 aromatic carbocycles. The average molecular weight is 362 g/mol. The molecule has 0 atom stereocenters. The molecule has 1 amide bonds. The lowest BCUT2D eigenvalue weighted by Crippen LogP contribution is -2.33. The van der Waals surface area contributed by atoms with Gasteiger partial charge in [-0.2, -0.15) is 0 Å². The van der Waals surface area contributed by atoms with E-state index in [1.165, 1.54) is 13.2 Å². The molecular formula is C18H22N2O4S. The highest BCUT2D eigenvalue weighted by Gasteiger charge is 2.20. The first kappa shape index (κ1) is 19.0. The van der Waals surface area contributed by atoms with Crippen LogP contribution in [0.2, 0.25) is 0 Å². The second-order valence-electron chi connectivity index (χ2n) is 5.90. The number of hydrogen-bond acceptors (Lipinski definition) is 4. The van der Waals surface area contributed by atoms with Gasteiger partial charge in [-0.3, -0.25) is 4.79 Å². The molecule has 0 radical (unpaired) electrons. The maximum Gasteiger partial charge on any atom is 0.244 e. The van der Waals surface area contributed by atoms with Crippen LogP contribution in [0, 0.1) is 20.8 Å². The Morgan fingerprint density at radius 3 is 2.24 bits per heavy atom. The fourth-order valence-electron chi connectivity index (χ4n) is 2.48. The number of benzene rings is 2. The van der Waals surface area contributed by atoms with E-state index in [-0.39, 0.29) is 17.2 Å². The van der Waals surface area contributed by atoms with E-state index < -0.39 is 15.9 Å². The Bertz CT molecular complexity index is 872. The van der Waals surface area contributed by atoms with Crippen molar-refractivity contribution < 1.29 is 17.9 Å². The van der Waals surface area contributed by atoms with Crippen molar-refractivity contribution in [2.24, 2.45) is 0 Å². The number of ether oxygens (including phenoxy) is 1. The predicted molar refractivity (Wildman–Crippen MR) is 97.5 cm³/mol. The summed E-state index contributed by atoms with van der Waals surface area (Å²) < 4.78 is 32.3. The van der Waals surface area contributed by atoms with Gasteiger partial charge in [-0.05, 0) is 61.7 Å². The van der Waals surface area contributed by atoms with Crippen LogP contribution in [0.4, 0.5) is 5.69 Å². The van der Waals surface area contributed by atoms with Crippen molar-refractivity contribution in [1.82, 2.24) is 4.72 Å². The molecule has 0 aliphatic heterocycles. The molecule has 0 aromatic heterocycles. The van der Waals surface area contributed by atoms with Crippen LogP contribution < -0.4 is 14.8 Å². The predicted octanol–water partition coefficient (Wildman–Crippen LogP) is 2.54. The molecule has 7 heteroatoms. The summed E-state index contributed by atoms with van der Waals surface area (Å²) in [6, 6.07) is 10.5. The third kappa shape index (κ3) is 5.04. The highest BCUT2D eigenvalue weighted by molar-refractivity contribution is 7.89. The Labute approximate surface area is 148 Å². The zero-order chi connectivity index (χ0) is 18.6. The number of aryl methyl sites for hydroxylation is 3. The lowest BCUT2D eigenvalue weighted by atomic mass is 10.1. The maximum absolute atomic E-state index is 12.5. The maximum atomic E-state index is 12.5. The molecular weight excluding hydrogens is 340 g/mol. The van der Waals surface area contributed by atoms with Gasteiger partial charge in [0.25, 0.3) is 0 Å². The minimum Gasteiger partial charge on any atom is -0.495 e. The highest BCUT2D eigenvalue weighted by Crippen LogP contribution is 2.24. The normalized spacial score (nSPS) is 11.2. The van der Waals surface area contributed by atoms with Gasteiger partial charge in [0, 0.05) is 5.69 Å². The number of amides is 1. The summed E-state index contributed by atoms with van der Waals surface area (Å²) in [5.74, 6) is -0.215. The Balaban J connectivity index is 2.09. The van der Waals surface area contributed by atoms with Gasteiger partial charge in [0.05, 0.1) is 13.7 Å².